The highest BCUT2D eigenvalue weighted by Crippen LogP contribution is 2.22. The van der Waals surface area contributed by atoms with Gasteiger partial charge < -0.3 is 9.30 Å². The van der Waals surface area contributed by atoms with Crippen LogP contribution in [0.3, 0.4) is 0 Å². The number of aromatic nitrogens is 1. The fourth-order valence-electron chi connectivity index (χ4n) is 2.71. The van der Waals surface area contributed by atoms with Crippen molar-refractivity contribution < 1.29 is 17.9 Å². The Labute approximate surface area is 173 Å². The molecule has 7 nitrogen and oxygen atoms in total. The summed E-state index contributed by atoms with van der Waals surface area (Å²) in [7, 11) is 1.39. The van der Waals surface area contributed by atoms with Crippen LogP contribution >= 0.6 is 11.3 Å². The minimum Gasteiger partial charge on any atom is -0.497 e. The number of methoxy groups -OCH3 is 1. The lowest BCUT2D eigenvalue weighted by molar-refractivity contribution is 0.0998. The van der Waals surface area contributed by atoms with Crippen LogP contribution in [0.5, 0.6) is 5.75 Å². The zero-order valence-electron chi connectivity index (χ0n) is 16.9. The number of rotatable bonds is 5. The molecule has 2 aromatic carbocycles. The van der Waals surface area contributed by atoms with Crippen LogP contribution in [0.25, 0.3) is 10.2 Å². The molecule has 9 heteroatoms. The predicted molar refractivity (Wildman–Crippen MR) is 114 cm³/mol. The van der Waals surface area contributed by atoms with Crippen molar-refractivity contribution in [2.24, 2.45) is 12.0 Å². The van der Waals surface area contributed by atoms with Gasteiger partial charge in [-0.15, -0.1) is 0 Å². The van der Waals surface area contributed by atoms with E-state index < -0.39 is 15.9 Å². The molecule has 29 heavy (non-hydrogen) atoms. The molecular formula is C20H23N3O4S2. The third kappa shape index (κ3) is 4.12. The van der Waals surface area contributed by atoms with E-state index in [-0.39, 0.29) is 10.9 Å². The average molecular weight is 434 g/mol. The van der Waals surface area contributed by atoms with E-state index in [9.17, 15) is 13.2 Å². The standard InChI is InChI=1S/C20H23N3O4S2/c1-13(2)23(4)29(25,26)16-9-6-14(7-10-16)19(24)21-20-22(3)17-11-8-15(27-5)12-18(17)28-20/h6-13H,1-5H3. The van der Waals surface area contributed by atoms with Crippen molar-refractivity contribution in [3.05, 3.63) is 52.8 Å². The molecule has 0 aliphatic carbocycles. The van der Waals surface area contributed by atoms with Gasteiger partial charge in [-0.1, -0.05) is 11.3 Å². The molecule has 154 valence electrons. The summed E-state index contributed by atoms with van der Waals surface area (Å²) in [5, 5.41) is 0. The maximum absolute atomic E-state index is 12.6. The lowest BCUT2D eigenvalue weighted by atomic mass is 10.2. The zero-order valence-corrected chi connectivity index (χ0v) is 18.5. The number of amides is 1. The number of carbonyl (C=O) groups excluding carboxylic acids is 1. The number of thiazole rings is 1. The molecule has 0 fully saturated rings. The molecule has 0 radical (unpaired) electrons. The van der Waals surface area contributed by atoms with Crippen molar-refractivity contribution in [1.82, 2.24) is 8.87 Å². The highest BCUT2D eigenvalue weighted by atomic mass is 32.2. The lowest BCUT2D eigenvalue weighted by Crippen LogP contribution is -2.33. The zero-order chi connectivity index (χ0) is 21.3. The Hall–Kier alpha value is -2.49. The number of benzene rings is 2. The van der Waals surface area contributed by atoms with E-state index in [1.54, 1.807) is 21.0 Å². The summed E-state index contributed by atoms with van der Waals surface area (Å²) < 4.78 is 34.4. The molecule has 0 aliphatic rings. The molecule has 0 atom stereocenters. The number of hydrogen-bond acceptors (Lipinski definition) is 5. The molecule has 1 heterocycles. The Morgan fingerprint density at radius 1 is 1.17 bits per heavy atom. The van der Waals surface area contributed by atoms with Crippen molar-refractivity contribution in [2.45, 2.75) is 24.8 Å². The maximum Gasteiger partial charge on any atom is 0.279 e. The Balaban J connectivity index is 1.94. The Kier molecular flexibility index (Phi) is 5.92. The molecule has 0 saturated carbocycles. The summed E-state index contributed by atoms with van der Waals surface area (Å²) in [6.45, 7) is 3.60. The summed E-state index contributed by atoms with van der Waals surface area (Å²) in [6.07, 6.45) is 0. The highest BCUT2D eigenvalue weighted by molar-refractivity contribution is 7.89. The van der Waals surface area contributed by atoms with E-state index in [4.69, 9.17) is 4.74 Å². The van der Waals surface area contributed by atoms with Crippen molar-refractivity contribution in [3.8, 4) is 5.75 Å². The lowest BCUT2D eigenvalue weighted by Gasteiger charge is -2.20. The van der Waals surface area contributed by atoms with Gasteiger partial charge in [0.25, 0.3) is 5.91 Å². The van der Waals surface area contributed by atoms with E-state index in [0.29, 0.717) is 10.4 Å². The Morgan fingerprint density at radius 3 is 2.41 bits per heavy atom. The Morgan fingerprint density at radius 2 is 1.83 bits per heavy atom. The first-order chi connectivity index (χ1) is 13.6. The van der Waals surface area contributed by atoms with Crippen LogP contribution in [-0.4, -0.2) is 43.4 Å². The number of fused-ring (bicyclic) bond motifs is 1. The van der Waals surface area contributed by atoms with Gasteiger partial charge in [-0.25, -0.2) is 8.42 Å². The normalized spacial score (nSPS) is 12.9. The van der Waals surface area contributed by atoms with Crippen LogP contribution in [-0.2, 0) is 17.1 Å². The fraction of sp³-hybridized carbons (Fsp3) is 0.300. The molecule has 0 unspecified atom stereocenters. The maximum atomic E-state index is 12.6. The van der Waals surface area contributed by atoms with Gasteiger partial charge in [-0.05, 0) is 56.3 Å². The fourth-order valence-corrected chi connectivity index (χ4v) is 5.13. The first-order valence-electron chi connectivity index (χ1n) is 8.96. The third-order valence-electron chi connectivity index (χ3n) is 4.72. The summed E-state index contributed by atoms with van der Waals surface area (Å²) in [5.74, 6) is 0.306. The second-order valence-electron chi connectivity index (χ2n) is 6.83. The topological polar surface area (TPSA) is 81.0 Å². The van der Waals surface area contributed by atoms with Gasteiger partial charge in [0, 0.05) is 25.7 Å². The van der Waals surface area contributed by atoms with Crippen LogP contribution < -0.4 is 9.54 Å². The summed E-state index contributed by atoms with van der Waals surface area (Å²) in [6, 6.07) is 11.4. The Bertz CT molecular complexity index is 1220. The summed E-state index contributed by atoms with van der Waals surface area (Å²) >= 11 is 1.38. The van der Waals surface area contributed by atoms with Crippen molar-refractivity contribution in [2.75, 3.05) is 14.2 Å². The van der Waals surface area contributed by atoms with Crippen molar-refractivity contribution in [3.63, 3.8) is 0 Å². The predicted octanol–water partition coefficient (Wildman–Crippen LogP) is 3.02. The van der Waals surface area contributed by atoms with E-state index in [0.717, 1.165) is 16.0 Å². The number of hydrogen-bond donors (Lipinski definition) is 0. The van der Waals surface area contributed by atoms with E-state index >= 15 is 0 Å². The second kappa shape index (κ2) is 8.10. The monoisotopic (exact) mass is 433 g/mol. The van der Waals surface area contributed by atoms with Crippen molar-refractivity contribution >= 4 is 37.5 Å². The average Bonchev–Trinajstić information content (AvgIpc) is 3.01. The molecular weight excluding hydrogens is 410 g/mol. The van der Waals surface area contributed by atoms with Crippen LogP contribution in [0.1, 0.15) is 24.2 Å². The number of ether oxygens (including phenoxy) is 1. The van der Waals surface area contributed by atoms with Gasteiger partial charge in [0.1, 0.15) is 5.75 Å². The molecule has 3 rings (SSSR count). The molecule has 0 aliphatic heterocycles. The number of aryl methyl sites for hydroxylation is 1. The van der Waals surface area contributed by atoms with E-state index in [1.807, 2.05) is 29.8 Å². The second-order valence-corrected chi connectivity index (χ2v) is 9.84. The molecule has 1 aromatic heterocycles. The quantitative estimate of drug-likeness (QED) is 0.619. The SMILES string of the molecule is COc1ccc2c(c1)sc(=NC(=O)c1ccc(S(=O)(=O)N(C)C(C)C)cc1)n2C. The number of nitrogens with zero attached hydrogens (tertiary/aromatic N) is 3. The van der Waals surface area contributed by atoms with Crippen LogP contribution in [0.4, 0.5) is 0 Å². The smallest absolute Gasteiger partial charge is 0.279 e. The highest BCUT2D eigenvalue weighted by Gasteiger charge is 2.23. The van der Waals surface area contributed by atoms with Gasteiger partial charge in [0.15, 0.2) is 4.80 Å². The van der Waals surface area contributed by atoms with Gasteiger partial charge in [-0.2, -0.15) is 9.30 Å². The minimum absolute atomic E-state index is 0.143. The van der Waals surface area contributed by atoms with Crippen LogP contribution in [0.15, 0.2) is 52.4 Å². The molecule has 3 aromatic rings. The van der Waals surface area contributed by atoms with E-state index in [2.05, 4.69) is 4.99 Å². The molecule has 0 saturated heterocycles. The molecule has 0 bridgehead atoms. The molecule has 1 amide bonds. The summed E-state index contributed by atoms with van der Waals surface area (Å²) in [5.41, 5.74) is 1.27. The summed E-state index contributed by atoms with van der Waals surface area (Å²) in [4.78, 5) is 17.5. The number of carbonyl (C=O) groups is 1. The van der Waals surface area contributed by atoms with Crippen LogP contribution in [0.2, 0.25) is 0 Å². The molecule has 0 N–H and O–H groups in total. The van der Waals surface area contributed by atoms with Crippen molar-refractivity contribution in [1.29, 1.82) is 0 Å². The minimum atomic E-state index is -3.59. The first kappa shape index (κ1) is 21.2. The van der Waals surface area contributed by atoms with Gasteiger partial charge in [0.05, 0.1) is 22.2 Å². The van der Waals surface area contributed by atoms with Gasteiger partial charge in [0.2, 0.25) is 10.0 Å². The molecule has 0 spiro atoms. The third-order valence-corrected chi connectivity index (χ3v) is 7.86. The largest absolute Gasteiger partial charge is 0.497 e. The van der Waals surface area contributed by atoms with Gasteiger partial charge in [-0.3, -0.25) is 4.79 Å². The van der Waals surface area contributed by atoms with E-state index in [1.165, 1.54) is 47.0 Å². The number of sulfonamides is 1. The first-order valence-corrected chi connectivity index (χ1v) is 11.2. The van der Waals surface area contributed by atoms with Gasteiger partial charge >= 0.3 is 0 Å². The van der Waals surface area contributed by atoms with Crippen LogP contribution in [0, 0.1) is 0 Å².